The summed E-state index contributed by atoms with van der Waals surface area (Å²) in [5.74, 6) is 1.67. The minimum absolute atomic E-state index is 0.185. The van der Waals surface area contributed by atoms with E-state index >= 15 is 0 Å². The third-order valence-corrected chi connectivity index (χ3v) is 2.52. The predicted molar refractivity (Wildman–Crippen MR) is 77.9 cm³/mol. The summed E-state index contributed by atoms with van der Waals surface area (Å²) >= 11 is 0. The van der Waals surface area contributed by atoms with E-state index in [2.05, 4.69) is 16.9 Å². The van der Waals surface area contributed by atoms with Gasteiger partial charge >= 0.3 is 0 Å². The van der Waals surface area contributed by atoms with Crippen LogP contribution in [0.25, 0.3) is 0 Å². The molecular weight excluding hydrogens is 238 g/mol. The molecule has 100 valence electrons. The van der Waals surface area contributed by atoms with Gasteiger partial charge < -0.3 is 14.6 Å². The van der Waals surface area contributed by atoms with Crippen LogP contribution in [0.4, 0.5) is 11.6 Å². The molecule has 0 fully saturated rings. The van der Waals surface area contributed by atoms with Crippen LogP contribution < -0.4 is 10.1 Å². The van der Waals surface area contributed by atoms with Gasteiger partial charge in [0.1, 0.15) is 5.75 Å². The van der Waals surface area contributed by atoms with Crippen LogP contribution in [0.3, 0.4) is 0 Å². The Morgan fingerprint density at radius 2 is 2.11 bits per heavy atom. The number of imidazole rings is 1. The number of hydrogen-bond acceptors (Lipinski definition) is 3. The molecule has 4 heteroatoms. The van der Waals surface area contributed by atoms with Crippen molar-refractivity contribution in [2.75, 3.05) is 5.32 Å². The zero-order valence-corrected chi connectivity index (χ0v) is 11.3. The van der Waals surface area contributed by atoms with E-state index in [9.17, 15) is 0 Å². The first-order valence-corrected chi connectivity index (χ1v) is 6.35. The number of hydrogen-bond donors (Lipinski definition) is 1. The average molecular weight is 257 g/mol. The van der Waals surface area contributed by atoms with Crippen molar-refractivity contribution in [3.05, 3.63) is 49.3 Å². The number of anilines is 2. The van der Waals surface area contributed by atoms with E-state index < -0.39 is 0 Å². The SMILES string of the molecule is C=CCn1ccnc1Nc1ccc(OC(C)C)cc1. The van der Waals surface area contributed by atoms with Gasteiger partial charge in [-0.3, -0.25) is 0 Å². The van der Waals surface area contributed by atoms with Crippen molar-refractivity contribution in [2.24, 2.45) is 0 Å². The molecule has 1 aromatic heterocycles. The summed E-state index contributed by atoms with van der Waals surface area (Å²) in [4.78, 5) is 4.27. The van der Waals surface area contributed by atoms with Crippen molar-refractivity contribution in [3.8, 4) is 5.75 Å². The fourth-order valence-electron chi connectivity index (χ4n) is 1.74. The zero-order valence-electron chi connectivity index (χ0n) is 11.3. The topological polar surface area (TPSA) is 39.1 Å². The zero-order chi connectivity index (χ0) is 13.7. The number of allylic oxidation sites excluding steroid dienone is 1. The minimum atomic E-state index is 0.185. The van der Waals surface area contributed by atoms with E-state index in [0.29, 0.717) is 0 Å². The third kappa shape index (κ3) is 3.61. The molecule has 19 heavy (non-hydrogen) atoms. The molecule has 0 unspecified atom stereocenters. The lowest BCUT2D eigenvalue weighted by molar-refractivity contribution is 0.242. The molecule has 1 heterocycles. The van der Waals surface area contributed by atoms with Crippen molar-refractivity contribution >= 4 is 11.6 Å². The third-order valence-electron chi connectivity index (χ3n) is 2.52. The molecule has 0 aliphatic rings. The molecule has 1 N–H and O–H groups in total. The molecule has 0 aliphatic heterocycles. The first-order valence-electron chi connectivity index (χ1n) is 6.35. The Labute approximate surface area is 113 Å². The van der Waals surface area contributed by atoms with Crippen LogP contribution in [0.15, 0.2) is 49.3 Å². The van der Waals surface area contributed by atoms with Crippen molar-refractivity contribution in [3.63, 3.8) is 0 Å². The molecule has 2 rings (SSSR count). The van der Waals surface area contributed by atoms with Crippen LogP contribution in [0.1, 0.15) is 13.8 Å². The molecule has 0 amide bonds. The maximum Gasteiger partial charge on any atom is 0.207 e. The monoisotopic (exact) mass is 257 g/mol. The molecule has 0 atom stereocenters. The second-order valence-electron chi connectivity index (χ2n) is 4.51. The number of nitrogens with one attached hydrogen (secondary N) is 1. The number of ether oxygens (including phenoxy) is 1. The molecule has 0 radical (unpaired) electrons. The Hall–Kier alpha value is -2.23. The standard InChI is InChI=1S/C15H19N3O/c1-4-10-18-11-9-16-15(18)17-13-5-7-14(8-6-13)19-12(2)3/h4-9,11-12H,1,10H2,2-3H3,(H,16,17). The van der Waals surface area contributed by atoms with Gasteiger partial charge in [-0.2, -0.15) is 0 Å². The summed E-state index contributed by atoms with van der Waals surface area (Å²) < 4.78 is 7.60. The van der Waals surface area contributed by atoms with Crippen molar-refractivity contribution in [2.45, 2.75) is 26.5 Å². The van der Waals surface area contributed by atoms with Crippen LogP contribution in [0.5, 0.6) is 5.75 Å². The number of benzene rings is 1. The molecule has 2 aromatic rings. The van der Waals surface area contributed by atoms with Crippen LogP contribution in [-0.2, 0) is 6.54 Å². The first-order chi connectivity index (χ1) is 9.19. The maximum atomic E-state index is 5.60. The average Bonchev–Trinajstić information content (AvgIpc) is 2.79. The molecule has 0 spiro atoms. The van der Waals surface area contributed by atoms with Crippen molar-refractivity contribution in [1.29, 1.82) is 0 Å². The van der Waals surface area contributed by atoms with E-state index in [-0.39, 0.29) is 6.10 Å². The molecule has 0 aliphatic carbocycles. The van der Waals surface area contributed by atoms with E-state index in [0.717, 1.165) is 23.9 Å². The second-order valence-corrected chi connectivity index (χ2v) is 4.51. The molecule has 4 nitrogen and oxygen atoms in total. The highest BCUT2D eigenvalue weighted by atomic mass is 16.5. The predicted octanol–water partition coefficient (Wildman–Crippen LogP) is 3.60. The molecule has 0 saturated carbocycles. The lowest BCUT2D eigenvalue weighted by Gasteiger charge is -2.11. The Morgan fingerprint density at radius 1 is 1.37 bits per heavy atom. The van der Waals surface area contributed by atoms with Gasteiger partial charge in [0, 0.05) is 24.6 Å². The lowest BCUT2D eigenvalue weighted by atomic mass is 10.3. The first kappa shape index (κ1) is 13.2. The van der Waals surface area contributed by atoms with E-state index in [1.807, 2.05) is 55.0 Å². The number of aromatic nitrogens is 2. The highest BCUT2D eigenvalue weighted by molar-refractivity contribution is 5.54. The van der Waals surface area contributed by atoms with Gasteiger partial charge in [0.25, 0.3) is 0 Å². The Kier molecular flexibility index (Phi) is 4.23. The summed E-state index contributed by atoms with van der Waals surface area (Å²) in [6, 6.07) is 7.85. The summed E-state index contributed by atoms with van der Waals surface area (Å²) in [5.41, 5.74) is 0.979. The van der Waals surface area contributed by atoms with Crippen LogP contribution in [0, 0.1) is 0 Å². The van der Waals surface area contributed by atoms with Crippen LogP contribution >= 0.6 is 0 Å². The summed E-state index contributed by atoms with van der Waals surface area (Å²) in [6.07, 6.45) is 5.71. The summed E-state index contributed by atoms with van der Waals surface area (Å²) in [6.45, 7) is 8.49. The van der Waals surface area contributed by atoms with Gasteiger partial charge in [-0.05, 0) is 38.1 Å². The second kappa shape index (κ2) is 6.09. The highest BCUT2D eigenvalue weighted by Gasteiger charge is 2.02. The Balaban J connectivity index is 2.06. The fraction of sp³-hybridized carbons (Fsp3) is 0.267. The highest BCUT2D eigenvalue weighted by Crippen LogP contribution is 2.20. The summed E-state index contributed by atoms with van der Waals surface area (Å²) in [7, 11) is 0. The van der Waals surface area contributed by atoms with Crippen molar-refractivity contribution < 1.29 is 4.74 Å². The van der Waals surface area contributed by atoms with Gasteiger partial charge in [0.2, 0.25) is 5.95 Å². The van der Waals surface area contributed by atoms with Gasteiger partial charge in [-0.15, -0.1) is 6.58 Å². The largest absolute Gasteiger partial charge is 0.491 e. The van der Waals surface area contributed by atoms with E-state index in [4.69, 9.17) is 4.74 Å². The maximum absolute atomic E-state index is 5.60. The van der Waals surface area contributed by atoms with Crippen LogP contribution in [0.2, 0.25) is 0 Å². The normalized spacial score (nSPS) is 10.5. The van der Waals surface area contributed by atoms with Crippen LogP contribution in [-0.4, -0.2) is 15.7 Å². The van der Waals surface area contributed by atoms with E-state index in [1.54, 1.807) is 6.20 Å². The smallest absolute Gasteiger partial charge is 0.207 e. The Morgan fingerprint density at radius 3 is 2.74 bits per heavy atom. The number of rotatable bonds is 6. The molecule has 0 saturated heterocycles. The van der Waals surface area contributed by atoms with Gasteiger partial charge in [-0.25, -0.2) is 4.98 Å². The lowest BCUT2D eigenvalue weighted by Crippen LogP contribution is -2.05. The Bertz CT molecular complexity index is 529. The minimum Gasteiger partial charge on any atom is -0.491 e. The molecule has 0 bridgehead atoms. The molecule has 1 aromatic carbocycles. The molecular formula is C15H19N3O. The fourth-order valence-corrected chi connectivity index (χ4v) is 1.74. The quantitative estimate of drug-likeness (QED) is 0.804. The van der Waals surface area contributed by atoms with Gasteiger partial charge in [0.15, 0.2) is 0 Å². The number of nitrogens with zero attached hydrogens (tertiary/aromatic N) is 2. The summed E-state index contributed by atoms with van der Waals surface area (Å²) in [5, 5.41) is 3.27. The van der Waals surface area contributed by atoms with E-state index in [1.165, 1.54) is 0 Å². The van der Waals surface area contributed by atoms with Gasteiger partial charge in [-0.1, -0.05) is 6.08 Å². The van der Waals surface area contributed by atoms with Gasteiger partial charge in [0.05, 0.1) is 6.10 Å². The van der Waals surface area contributed by atoms with Crippen molar-refractivity contribution in [1.82, 2.24) is 9.55 Å².